The van der Waals surface area contributed by atoms with Gasteiger partial charge in [0.05, 0.1) is 0 Å². The zero-order valence-corrected chi connectivity index (χ0v) is 11.1. The molecular weight excluding hydrogens is 234 g/mol. The third-order valence-electron chi connectivity index (χ3n) is 3.28. The molecule has 2 atom stereocenters. The monoisotopic (exact) mass is 253 g/mol. The number of benzene rings is 2. The zero-order valence-electron chi connectivity index (χ0n) is 11.1. The topological polar surface area (TPSA) is 29.1 Å². The first kappa shape index (κ1) is 13.5. The van der Waals surface area contributed by atoms with Gasteiger partial charge in [0.25, 0.3) is 0 Å². The Bertz CT molecular complexity index is 495. The van der Waals surface area contributed by atoms with Crippen LogP contribution in [0.5, 0.6) is 0 Å². The Balaban J connectivity index is 2.11. The van der Waals surface area contributed by atoms with Crippen molar-refractivity contribution < 1.29 is 4.79 Å². The van der Waals surface area contributed by atoms with E-state index in [0.717, 1.165) is 11.8 Å². The number of carbonyl (C=O) groups excluding carboxylic acids is 1. The van der Waals surface area contributed by atoms with Gasteiger partial charge in [-0.1, -0.05) is 60.7 Å². The first-order valence-electron chi connectivity index (χ1n) is 6.61. The second-order valence-electron chi connectivity index (χ2n) is 4.66. The molecule has 2 heteroatoms. The van der Waals surface area contributed by atoms with Crippen molar-refractivity contribution in [2.24, 2.45) is 0 Å². The van der Waals surface area contributed by atoms with E-state index in [1.54, 1.807) is 0 Å². The number of nitrogens with one attached hydrogen (secondary N) is 1. The molecule has 2 aromatic carbocycles. The predicted octanol–water partition coefficient (Wildman–Crippen LogP) is 3.67. The van der Waals surface area contributed by atoms with Crippen LogP contribution < -0.4 is 5.32 Å². The molecule has 2 aromatic rings. The molecule has 2 nitrogen and oxygen atoms in total. The second-order valence-corrected chi connectivity index (χ2v) is 4.66. The van der Waals surface area contributed by atoms with Crippen molar-refractivity contribution in [1.29, 1.82) is 0 Å². The Morgan fingerprint density at radius 3 is 2.00 bits per heavy atom. The smallest absolute Gasteiger partial charge is 0.121 e. The highest BCUT2D eigenvalue weighted by atomic mass is 16.1. The Labute approximate surface area is 114 Å². The Hall–Kier alpha value is -1.93. The molecule has 0 bridgehead atoms. The highest BCUT2D eigenvalue weighted by Gasteiger charge is 2.14. The molecule has 0 aromatic heterocycles. The van der Waals surface area contributed by atoms with E-state index < -0.39 is 0 Å². The Kier molecular flexibility index (Phi) is 4.87. The highest BCUT2D eigenvalue weighted by molar-refractivity contribution is 5.51. The Morgan fingerprint density at radius 2 is 1.47 bits per heavy atom. The van der Waals surface area contributed by atoms with Crippen molar-refractivity contribution in [3.8, 4) is 0 Å². The molecule has 1 N–H and O–H groups in total. The molecular formula is C17H19NO. The molecule has 0 aliphatic carbocycles. The minimum absolute atomic E-state index is 0.0638. The molecule has 0 saturated carbocycles. The van der Waals surface area contributed by atoms with Gasteiger partial charge in [-0.05, 0) is 18.1 Å². The van der Waals surface area contributed by atoms with Gasteiger partial charge >= 0.3 is 0 Å². The van der Waals surface area contributed by atoms with Gasteiger partial charge in [-0.15, -0.1) is 0 Å². The van der Waals surface area contributed by atoms with Crippen LogP contribution in [0.25, 0.3) is 0 Å². The maximum Gasteiger partial charge on any atom is 0.121 e. The molecule has 0 heterocycles. The van der Waals surface area contributed by atoms with Gasteiger partial charge in [0, 0.05) is 18.5 Å². The number of carbonyl (C=O) groups is 1. The minimum Gasteiger partial charge on any atom is -0.303 e. The summed E-state index contributed by atoms with van der Waals surface area (Å²) in [7, 11) is 0. The van der Waals surface area contributed by atoms with Crippen LogP contribution in [0.15, 0.2) is 60.7 Å². The van der Waals surface area contributed by atoms with Crippen LogP contribution in [-0.2, 0) is 4.79 Å². The van der Waals surface area contributed by atoms with Crippen molar-refractivity contribution in [3.63, 3.8) is 0 Å². The average molecular weight is 253 g/mol. The SMILES string of the molecule is C[C@@H](N[C@@H](CC=O)c1ccccc1)c1ccccc1. The first-order chi connectivity index (χ1) is 9.31. The average Bonchev–Trinajstić information content (AvgIpc) is 2.48. The first-order valence-corrected chi connectivity index (χ1v) is 6.61. The molecule has 98 valence electrons. The fraction of sp³-hybridized carbons (Fsp3) is 0.235. The van der Waals surface area contributed by atoms with Gasteiger partial charge in [-0.25, -0.2) is 0 Å². The standard InChI is InChI=1S/C17H19NO/c1-14(15-8-4-2-5-9-15)18-17(12-13-19)16-10-6-3-7-11-16/h2-11,13-14,17-18H,12H2,1H3/t14-,17+/m1/s1. The molecule has 19 heavy (non-hydrogen) atoms. The van der Waals surface area contributed by atoms with Crippen LogP contribution >= 0.6 is 0 Å². The summed E-state index contributed by atoms with van der Waals surface area (Å²) in [5.41, 5.74) is 2.38. The van der Waals surface area contributed by atoms with Crippen molar-refractivity contribution in [2.75, 3.05) is 0 Å². The molecule has 0 amide bonds. The molecule has 0 spiro atoms. The third kappa shape index (κ3) is 3.76. The van der Waals surface area contributed by atoms with E-state index in [1.807, 2.05) is 36.4 Å². The van der Waals surface area contributed by atoms with Gasteiger partial charge in [-0.2, -0.15) is 0 Å². The normalized spacial score (nSPS) is 13.7. The van der Waals surface area contributed by atoms with Gasteiger partial charge in [-0.3, -0.25) is 0 Å². The Morgan fingerprint density at radius 1 is 0.947 bits per heavy atom. The van der Waals surface area contributed by atoms with Crippen molar-refractivity contribution in [3.05, 3.63) is 71.8 Å². The summed E-state index contributed by atoms with van der Waals surface area (Å²) < 4.78 is 0. The molecule has 0 radical (unpaired) electrons. The van der Waals surface area contributed by atoms with E-state index in [-0.39, 0.29) is 12.1 Å². The summed E-state index contributed by atoms with van der Waals surface area (Å²) >= 11 is 0. The number of aldehydes is 1. The molecule has 0 aliphatic rings. The van der Waals surface area contributed by atoms with Crippen LogP contribution in [0, 0.1) is 0 Å². The maximum atomic E-state index is 10.9. The van der Waals surface area contributed by atoms with Crippen LogP contribution in [-0.4, -0.2) is 6.29 Å². The molecule has 0 fully saturated rings. The predicted molar refractivity (Wildman–Crippen MR) is 77.9 cm³/mol. The van der Waals surface area contributed by atoms with E-state index in [0.29, 0.717) is 6.42 Å². The quantitative estimate of drug-likeness (QED) is 0.796. The summed E-state index contributed by atoms with van der Waals surface area (Å²) in [5.74, 6) is 0. The maximum absolute atomic E-state index is 10.9. The summed E-state index contributed by atoms with van der Waals surface area (Å²) in [6, 6.07) is 20.6. The summed E-state index contributed by atoms with van der Waals surface area (Å²) in [6.45, 7) is 2.12. The van der Waals surface area contributed by atoms with Gasteiger partial charge in [0.1, 0.15) is 6.29 Å². The van der Waals surface area contributed by atoms with Crippen LogP contribution in [0.1, 0.15) is 36.6 Å². The second kappa shape index (κ2) is 6.86. The van der Waals surface area contributed by atoms with E-state index in [9.17, 15) is 4.79 Å². The lowest BCUT2D eigenvalue weighted by molar-refractivity contribution is -0.108. The fourth-order valence-corrected chi connectivity index (χ4v) is 2.22. The lowest BCUT2D eigenvalue weighted by Crippen LogP contribution is -2.25. The summed E-state index contributed by atoms with van der Waals surface area (Å²) in [5, 5.41) is 3.52. The van der Waals surface area contributed by atoms with Crippen molar-refractivity contribution in [1.82, 2.24) is 5.32 Å². The molecule has 0 unspecified atom stereocenters. The van der Waals surface area contributed by atoms with E-state index >= 15 is 0 Å². The fourth-order valence-electron chi connectivity index (χ4n) is 2.22. The third-order valence-corrected chi connectivity index (χ3v) is 3.28. The van der Waals surface area contributed by atoms with E-state index in [4.69, 9.17) is 0 Å². The van der Waals surface area contributed by atoms with Crippen molar-refractivity contribution in [2.45, 2.75) is 25.4 Å². The van der Waals surface area contributed by atoms with E-state index in [2.05, 4.69) is 36.5 Å². The summed E-state index contributed by atoms with van der Waals surface area (Å²) in [4.78, 5) is 10.9. The number of rotatable bonds is 6. The highest BCUT2D eigenvalue weighted by Crippen LogP contribution is 2.21. The lowest BCUT2D eigenvalue weighted by atomic mass is 10.0. The number of hydrogen-bond acceptors (Lipinski definition) is 2. The largest absolute Gasteiger partial charge is 0.303 e. The lowest BCUT2D eigenvalue weighted by Gasteiger charge is -2.22. The van der Waals surface area contributed by atoms with Gasteiger partial charge in [0.15, 0.2) is 0 Å². The molecule has 0 aliphatic heterocycles. The molecule has 2 rings (SSSR count). The number of hydrogen-bond donors (Lipinski definition) is 1. The van der Waals surface area contributed by atoms with Crippen LogP contribution in [0.2, 0.25) is 0 Å². The van der Waals surface area contributed by atoms with E-state index in [1.165, 1.54) is 5.56 Å². The minimum atomic E-state index is 0.0638. The molecule has 0 saturated heterocycles. The summed E-state index contributed by atoms with van der Waals surface area (Å²) in [6.07, 6.45) is 1.46. The van der Waals surface area contributed by atoms with Crippen LogP contribution in [0.4, 0.5) is 0 Å². The van der Waals surface area contributed by atoms with Gasteiger partial charge in [0.2, 0.25) is 0 Å². The van der Waals surface area contributed by atoms with Crippen LogP contribution in [0.3, 0.4) is 0 Å². The van der Waals surface area contributed by atoms with Gasteiger partial charge < -0.3 is 10.1 Å². The zero-order chi connectivity index (χ0) is 13.5. The van der Waals surface area contributed by atoms with Crippen molar-refractivity contribution >= 4 is 6.29 Å².